The number of amides is 1. The number of rotatable bonds is 6. The summed E-state index contributed by atoms with van der Waals surface area (Å²) in [4.78, 5) is 22.6. The Hall–Kier alpha value is -2.31. The summed E-state index contributed by atoms with van der Waals surface area (Å²) in [5.41, 5.74) is 0.361. The van der Waals surface area contributed by atoms with Crippen LogP contribution in [0.15, 0.2) is 42.5 Å². The summed E-state index contributed by atoms with van der Waals surface area (Å²) in [5, 5.41) is 14.3. The molecule has 1 N–H and O–H groups in total. The molecule has 0 radical (unpaired) electrons. The maximum Gasteiger partial charge on any atom is 0.274 e. The number of nitrogens with one attached hydrogen (secondary N) is 1. The van der Waals surface area contributed by atoms with Crippen molar-refractivity contribution in [2.24, 2.45) is 0 Å². The molecule has 6 nitrogen and oxygen atoms in total. The van der Waals surface area contributed by atoms with E-state index < -0.39 is 16.9 Å². The van der Waals surface area contributed by atoms with Gasteiger partial charge in [0.2, 0.25) is 0 Å². The van der Waals surface area contributed by atoms with E-state index in [1.54, 1.807) is 37.3 Å². The molecule has 24 heavy (non-hydrogen) atoms. The predicted molar refractivity (Wildman–Crippen MR) is 91.5 cm³/mol. The minimum absolute atomic E-state index is 0.0258. The number of benzene rings is 2. The van der Waals surface area contributed by atoms with Crippen LogP contribution in [0.2, 0.25) is 10.0 Å². The molecule has 0 spiro atoms. The molecule has 0 aromatic heterocycles. The van der Waals surface area contributed by atoms with Crippen molar-refractivity contribution in [2.45, 2.75) is 19.6 Å². The highest BCUT2D eigenvalue weighted by Gasteiger charge is 2.18. The minimum atomic E-state index is -0.827. The molecule has 1 atom stereocenters. The SMILES string of the molecule is CC(Oc1ccc(Cl)cc1Cl)C(=O)NCc1ccccc1[N+](=O)[O-]. The molecule has 0 bridgehead atoms. The van der Waals surface area contributed by atoms with Gasteiger partial charge in [0.05, 0.1) is 9.95 Å². The number of nitrogens with zero attached hydrogens (tertiary/aromatic N) is 1. The van der Waals surface area contributed by atoms with Crippen LogP contribution in [0.5, 0.6) is 5.75 Å². The summed E-state index contributed by atoms with van der Waals surface area (Å²) in [7, 11) is 0. The lowest BCUT2D eigenvalue weighted by Gasteiger charge is -2.15. The number of ether oxygens (including phenoxy) is 1. The standard InChI is InChI=1S/C16H14Cl2N2O4/c1-10(24-15-7-6-12(17)8-13(15)18)16(21)19-9-11-4-2-3-5-14(11)20(22)23/h2-8,10H,9H2,1H3,(H,19,21). The quantitative estimate of drug-likeness (QED) is 0.617. The molecule has 0 heterocycles. The van der Waals surface area contributed by atoms with Crippen LogP contribution in [0.25, 0.3) is 0 Å². The summed E-state index contributed by atoms with van der Waals surface area (Å²) in [6.45, 7) is 1.58. The van der Waals surface area contributed by atoms with Gasteiger partial charge in [-0.3, -0.25) is 14.9 Å². The zero-order chi connectivity index (χ0) is 17.7. The molecule has 2 aromatic carbocycles. The Morgan fingerprint density at radius 2 is 2.00 bits per heavy atom. The van der Waals surface area contributed by atoms with Crippen molar-refractivity contribution >= 4 is 34.8 Å². The lowest BCUT2D eigenvalue weighted by atomic mass is 10.2. The van der Waals surface area contributed by atoms with Gasteiger partial charge in [0.1, 0.15) is 5.75 Å². The monoisotopic (exact) mass is 368 g/mol. The summed E-state index contributed by atoms with van der Waals surface area (Å²) in [6, 6.07) is 10.9. The van der Waals surface area contributed by atoms with Gasteiger partial charge in [0, 0.05) is 23.2 Å². The second-order valence-electron chi connectivity index (χ2n) is 4.94. The van der Waals surface area contributed by atoms with Gasteiger partial charge in [0.25, 0.3) is 11.6 Å². The highest BCUT2D eigenvalue weighted by molar-refractivity contribution is 6.35. The average molecular weight is 369 g/mol. The van der Waals surface area contributed by atoms with Crippen molar-refractivity contribution in [1.29, 1.82) is 0 Å². The topological polar surface area (TPSA) is 81.5 Å². The van der Waals surface area contributed by atoms with E-state index in [4.69, 9.17) is 27.9 Å². The van der Waals surface area contributed by atoms with Crippen molar-refractivity contribution in [2.75, 3.05) is 0 Å². The van der Waals surface area contributed by atoms with Gasteiger partial charge in [-0.15, -0.1) is 0 Å². The van der Waals surface area contributed by atoms with E-state index in [0.717, 1.165) is 0 Å². The Labute approximate surface area is 148 Å². The van der Waals surface area contributed by atoms with Crippen molar-refractivity contribution in [1.82, 2.24) is 5.32 Å². The lowest BCUT2D eigenvalue weighted by molar-refractivity contribution is -0.385. The Morgan fingerprint density at radius 1 is 1.29 bits per heavy atom. The van der Waals surface area contributed by atoms with Crippen LogP contribution in [0.3, 0.4) is 0 Å². The molecular formula is C16H14Cl2N2O4. The molecule has 0 aliphatic carbocycles. The molecule has 0 saturated heterocycles. The van der Waals surface area contributed by atoms with Gasteiger partial charge < -0.3 is 10.1 Å². The zero-order valence-corrected chi connectivity index (χ0v) is 14.2. The number of nitro benzene ring substituents is 1. The number of carbonyl (C=O) groups is 1. The number of carbonyl (C=O) groups excluding carboxylic acids is 1. The fraction of sp³-hybridized carbons (Fsp3) is 0.188. The third-order valence-electron chi connectivity index (χ3n) is 3.21. The van der Waals surface area contributed by atoms with Crippen LogP contribution in [-0.4, -0.2) is 16.9 Å². The molecule has 0 aliphatic rings. The lowest BCUT2D eigenvalue weighted by Crippen LogP contribution is -2.36. The Kier molecular flexibility index (Phi) is 6.00. The zero-order valence-electron chi connectivity index (χ0n) is 12.7. The predicted octanol–water partition coefficient (Wildman–Crippen LogP) is 3.99. The summed E-state index contributed by atoms with van der Waals surface area (Å²) in [6.07, 6.45) is -0.827. The number of hydrogen-bond acceptors (Lipinski definition) is 4. The fourth-order valence-corrected chi connectivity index (χ4v) is 2.43. The van der Waals surface area contributed by atoms with Gasteiger partial charge >= 0.3 is 0 Å². The first kappa shape index (κ1) is 18.0. The third-order valence-corrected chi connectivity index (χ3v) is 3.74. The van der Waals surface area contributed by atoms with E-state index in [2.05, 4.69) is 5.32 Å². The number of para-hydroxylation sites is 1. The number of nitro groups is 1. The molecule has 0 fully saturated rings. The molecule has 1 amide bonds. The normalized spacial score (nSPS) is 11.6. The first-order valence-electron chi connectivity index (χ1n) is 7.00. The Balaban J connectivity index is 1.98. The van der Waals surface area contributed by atoms with Gasteiger partial charge in [-0.2, -0.15) is 0 Å². The highest BCUT2D eigenvalue weighted by Crippen LogP contribution is 2.28. The maximum atomic E-state index is 12.1. The maximum absolute atomic E-state index is 12.1. The van der Waals surface area contributed by atoms with Gasteiger partial charge in [0.15, 0.2) is 6.10 Å². The molecule has 126 valence electrons. The molecule has 8 heteroatoms. The van der Waals surface area contributed by atoms with Crippen LogP contribution < -0.4 is 10.1 Å². The molecule has 2 aromatic rings. The van der Waals surface area contributed by atoms with E-state index in [1.165, 1.54) is 12.1 Å². The second kappa shape index (κ2) is 7.99. The van der Waals surface area contributed by atoms with E-state index in [0.29, 0.717) is 21.4 Å². The minimum Gasteiger partial charge on any atom is -0.479 e. The van der Waals surface area contributed by atoms with E-state index in [-0.39, 0.29) is 12.2 Å². The third kappa shape index (κ3) is 4.59. The van der Waals surface area contributed by atoms with E-state index >= 15 is 0 Å². The van der Waals surface area contributed by atoms with Crippen LogP contribution >= 0.6 is 23.2 Å². The van der Waals surface area contributed by atoms with Crippen LogP contribution in [-0.2, 0) is 11.3 Å². The number of hydrogen-bond donors (Lipinski definition) is 1. The molecule has 1 unspecified atom stereocenters. The van der Waals surface area contributed by atoms with Crippen LogP contribution in [0.4, 0.5) is 5.69 Å². The van der Waals surface area contributed by atoms with E-state index in [9.17, 15) is 14.9 Å². The smallest absolute Gasteiger partial charge is 0.274 e. The second-order valence-corrected chi connectivity index (χ2v) is 5.78. The first-order valence-corrected chi connectivity index (χ1v) is 7.76. The van der Waals surface area contributed by atoms with Crippen molar-refractivity contribution in [3.63, 3.8) is 0 Å². The van der Waals surface area contributed by atoms with Crippen molar-refractivity contribution in [3.8, 4) is 5.75 Å². The highest BCUT2D eigenvalue weighted by atomic mass is 35.5. The van der Waals surface area contributed by atoms with E-state index in [1.807, 2.05) is 0 Å². The number of halogens is 2. The van der Waals surface area contributed by atoms with Crippen molar-refractivity contribution in [3.05, 3.63) is 68.2 Å². The largest absolute Gasteiger partial charge is 0.479 e. The Morgan fingerprint density at radius 3 is 2.67 bits per heavy atom. The fourth-order valence-electron chi connectivity index (χ4n) is 1.98. The summed E-state index contributed by atoms with van der Waals surface area (Å²) < 4.78 is 5.49. The van der Waals surface area contributed by atoms with Gasteiger partial charge in [-0.25, -0.2) is 0 Å². The molecular weight excluding hydrogens is 355 g/mol. The van der Waals surface area contributed by atoms with Crippen LogP contribution in [0, 0.1) is 10.1 Å². The first-order chi connectivity index (χ1) is 11.4. The van der Waals surface area contributed by atoms with Crippen molar-refractivity contribution < 1.29 is 14.5 Å². The molecule has 0 saturated carbocycles. The summed E-state index contributed by atoms with van der Waals surface area (Å²) >= 11 is 11.8. The van der Waals surface area contributed by atoms with Gasteiger partial charge in [-0.1, -0.05) is 41.4 Å². The summed E-state index contributed by atoms with van der Waals surface area (Å²) in [5.74, 6) is -0.0893. The van der Waals surface area contributed by atoms with Gasteiger partial charge in [-0.05, 0) is 25.1 Å². The molecule has 2 rings (SSSR count). The molecule has 0 aliphatic heterocycles. The Bertz CT molecular complexity index is 767. The van der Waals surface area contributed by atoms with Crippen LogP contribution in [0.1, 0.15) is 12.5 Å². The average Bonchev–Trinajstić information content (AvgIpc) is 2.55.